The molecular formula is C27H27ClN2S. The van der Waals surface area contributed by atoms with Gasteiger partial charge in [-0.2, -0.15) is 0 Å². The van der Waals surface area contributed by atoms with Crippen LogP contribution < -0.4 is 4.90 Å². The minimum absolute atomic E-state index is 0.800. The summed E-state index contributed by atoms with van der Waals surface area (Å²) < 4.78 is 0. The highest BCUT2D eigenvalue weighted by Gasteiger charge is 2.23. The quantitative estimate of drug-likeness (QED) is 0.402. The van der Waals surface area contributed by atoms with Crippen molar-refractivity contribution in [3.8, 4) is 0 Å². The molecule has 0 aromatic heterocycles. The predicted molar refractivity (Wildman–Crippen MR) is 134 cm³/mol. The Morgan fingerprint density at radius 1 is 0.903 bits per heavy atom. The molecule has 0 aliphatic carbocycles. The average molecular weight is 447 g/mol. The van der Waals surface area contributed by atoms with Gasteiger partial charge < -0.3 is 4.90 Å². The number of nitrogens with zero attached hydrogens (tertiary/aromatic N) is 2. The third-order valence-electron chi connectivity index (χ3n) is 6.23. The van der Waals surface area contributed by atoms with Crippen molar-refractivity contribution >= 4 is 40.3 Å². The molecule has 0 spiro atoms. The molecular weight excluding hydrogens is 420 g/mol. The van der Waals surface area contributed by atoms with Crippen LogP contribution in [0.2, 0.25) is 5.02 Å². The Bertz CT molecular complexity index is 1120. The van der Waals surface area contributed by atoms with Gasteiger partial charge in [-0.25, -0.2) is 0 Å². The zero-order valence-electron chi connectivity index (χ0n) is 17.9. The van der Waals surface area contributed by atoms with Crippen molar-refractivity contribution < 1.29 is 0 Å². The fourth-order valence-corrected chi connectivity index (χ4v) is 5.83. The minimum Gasteiger partial charge on any atom is -0.340 e. The first-order chi connectivity index (χ1) is 15.2. The zero-order valence-corrected chi connectivity index (χ0v) is 19.4. The monoisotopic (exact) mass is 446 g/mol. The Morgan fingerprint density at radius 3 is 2.55 bits per heavy atom. The molecule has 0 unspecified atom stereocenters. The smallest absolute Gasteiger partial charge is 0.0567 e. The van der Waals surface area contributed by atoms with Gasteiger partial charge in [-0.3, -0.25) is 4.90 Å². The maximum absolute atomic E-state index is 6.35. The van der Waals surface area contributed by atoms with Gasteiger partial charge in [0.1, 0.15) is 0 Å². The maximum atomic E-state index is 6.35. The van der Waals surface area contributed by atoms with E-state index in [-0.39, 0.29) is 0 Å². The van der Waals surface area contributed by atoms with E-state index in [4.69, 9.17) is 11.6 Å². The van der Waals surface area contributed by atoms with Gasteiger partial charge in [-0.05, 0) is 66.8 Å². The number of anilines is 2. The molecule has 0 saturated heterocycles. The lowest BCUT2D eigenvalue weighted by Gasteiger charge is -2.34. The number of fused-ring (bicyclic) bond motifs is 2. The summed E-state index contributed by atoms with van der Waals surface area (Å²) in [7, 11) is 0. The van der Waals surface area contributed by atoms with Crippen LogP contribution in [0.1, 0.15) is 24.0 Å². The van der Waals surface area contributed by atoms with Crippen molar-refractivity contribution in [2.75, 3.05) is 31.1 Å². The van der Waals surface area contributed by atoms with Crippen molar-refractivity contribution in [3.63, 3.8) is 0 Å². The van der Waals surface area contributed by atoms with Crippen LogP contribution in [0.4, 0.5) is 11.4 Å². The SMILES string of the molecule is Cc1ccccc1C1=CCN(CCCN2c3ccccc3Sc3ccc(Cl)cc32)CC1. The van der Waals surface area contributed by atoms with Gasteiger partial charge in [-0.1, -0.05) is 65.8 Å². The lowest BCUT2D eigenvalue weighted by molar-refractivity contribution is 0.299. The van der Waals surface area contributed by atoms with Crippen LogP contribution in [0, 0.1) is 6.92 Å². The summed E-state index contributed by atoms with van der Waals surface area (Å²) in [5.41, 5.74) is 6.82. The summed E-state index contributed by atoms with van der Waals surface area (Å²) in [6, 6.07) is 23.7. The van der Waals surface area contributed by atoms with Crippen molar-refractivity contribution in [2.24, 2.45) is 0 Å². The van der Waals surface area contributed by atoms with Crippen molar-refractivity contribution in [3.05, 3.63) is 89.0 Å². The zero-order chi connectivity index (χ0) is 21.2. The second kappa shape index (κ2) is 9.12. The van der Waals surface area contributed by atoms with E-state index in [0.29, 0.717) is 0 Å². The highest BCUT2D eigenvalue weighted by Crippen LogP contribution is 2.48. The average Bonchev–Trinajstić information content (AvgIpc) is 2.80. The fourth-order valence-electron chi connectivity index (χ4n) is 4.59. The highest BCUT2D eigenvalue weighted by molar-refractivity contribution is 7.99. The first-order valence-corrected chi connectivity index (χ1v) is 12.2. The van der Waals surface area contributed by atoms with Gasteiger partial charge in [0.05, 0.1) is 11.4 Å². The summed E-state index contributed by atoms with van der Waals surface area (Å²) >= 11 is 8.19. The van der Waals surface area contributed by atoms with E-state index >= 15 is 0 Å². The maximum Gasteiger partial charge on any atom is 0.0567 e. The summed E-state index contributed by atoms with van der Waals surface area (Å²) in [5.74, 6) is 0. The first kappa shape index (κ1) is 20.7. The topological polar surface area (TPSA) is 6.48 Å². The second-order valence-electron chi connectivity index (χ2n) is 8.28. The van der Waals surface area contributed by atoms with Gasteiger partial charge >= 0.3 is 0 Å². The van der Waals surface area contributed by atoms with E-state index in [0.717, 1.165) is 44.0 Å². The summed E-state index contributed by atoms with van der Waals surface area (Å²) in [4.78, 5) is 7.63. The van der Waals surface area contributed by atoms with Crippen molar-refractivity contribution in [1.82, 2.24) is 4.90 Å². The molecule has 31 heavy (non-hydrogen) atoms. The first-order valence-electron chi connectivity index (χ1n) is 11.0. The Hall–Kier alpha value is -2.20. The van der Waals surface area contributed by atoms with E-state index in [1.54, 1.807) is 0 Å². The van der Waals surface area contributed by atoms with Crippen molar-refractivity contribution in [1.29, 1.82) is 0 Å². The molecule has 0 amide bonds. The molecule has 2 heterocycles. The van der Waals surface area contributed by atoms with Gasteiger partial charge in [0.2, 0.25) is 0 Å². The Balaban J connectivity index is 1.25. The minimum atomic E-state index is 0.800. The van der Waals surface area contributed by atoms with Gasteiger partial charge in [-0.15, -0.1) is 0 Å². The van der Waals surface area contributed by atoms with Crippen LogP contribution in [0.5, 0.6) is 0 Å². The third-order valence-corrected chi connectivity index (χ3v) is 7.59. The normalized spacial score (nSPS) is 15.9. The van der Waals surface area contributed by atoms with Crippen LogP contribution in [0.25, 0.3) is 5.57 Å². The van der Waals surface area contributed by atoms with Gasteiger partial charge in [0.25, 0.3) is 0 Å². The number of para-hydroxylation sites is 1. The van der Waals surface area contributed by atoms with Crippen LogP contribution >= 0.6 is 23.4 Å². The molecule has 0 fully saturated rings. The molecule has 4 heteroatoms. The highest BCUT2D eigenvalue weighted by atomic mass is 35.5. The van der Waals surface area contributed by atoms with Crippen LogP contribution in [-0.2, 0) is 0 Å². The number of hydrogen-bond acceptors (Lipinski definition) is 3. The Kier molecular flexibility index (Phi) is 6.08. The summed E-state index contributed by atoms with van der Waals surface area (Å²) in [5, 5.41) is 0.800. The number of rotatable bonds is 5. The van der Waals surface area contributed by atoms with E-state index in [9.17, 15) is 0 Å². The van der Waals surface area contributed by atoms with Crippen LogP contribution in [0.3, 0.4) is 0 Å². The van der Waals surface area contributed by atoms with Crippen LogP contribution in [0.15, 0.2) is 82.6 Å². The molecule has 2 nitrogen and oxygen atoms in total. The van der Waals surface area contributed by atoms with E-state index in [1.165, 1.54) is 37.9 Å². The number of benzene rings is 3. The summed E-state index contributed by atoms with van der Waals surface area (Å²) in [6.45, 7) is 6.49. The Morgan fingerprint density at radius 2 is 1.71 bits per heavy atom. The van der Waals surface area contributed by atoms with E-state index in [2.05, 4.69) is 83.5 Å². The standard InChI is InChI=1S/C27H27ClN2S/c1-20-7-2-3-8-23(20)21-13-17-29(18-14-21)15-6-16-30-24-9-4-5-10-26(24)31-27-12-11-22(28)19-25(27)30/h2-5,7-13,19H,6,14-18H2,1H3. The molecule has 0 bridgehead atoms. The number of hydrogen-bond donors (Lipinski definition) is 0. The number of halogens is 1. The van der Waals surface area contributed by atoms with Gasteiger partial charge in [0.15, 0.2) is 0 Å². The molecule has 158 valence electrons. The molecule has 0 atom stereocenters. The molecule has 0 saturated carbocycles. The Labute approximate surface area is 194 Å². The molecule has 2 aliphatic rings. The lowest BCUT2D eigenvalue weighted by Crippen LogP contribution is -2.32. The third kappa shape index (κ3) is 4.41. The number of aryl methyl sites for hydroxylation is 1. The second-order valence-corrected chi connectivity index (χ2v) is 9.80. The molecule has 0 N–H and O–H groups in total. The van der Waals surface area contributed by atoms with E-state index in [1.807, 2.05) is 17.8 Å². The van der Waals surface area contributed by atoms with Crippen LogP contribution in [-0.4, -0.2) is 31.1 Å². The van der Waals surface area contributed by atoms with Crippen molar-refractivity contribution in [2.45, 2.75) is 29.6 Å². The molecule has 3 aromatic carbocycles. The molecule has 3 aromatic rings. The molecule has 5 rings (SSSR count). The predicted octanol–water partition coefficient (Wildman–Crippen LogP) is 7.43. The lowest BCUT2D eigenvalue weighted by atomic mass is 9.95. The summed E-state index contributed by atoms with van der Waals surface area (Å²) in [6.07, 6.45) is 4.68. The molecule has 0 radical (unpaired) electrons. The molecule has 2 aliphatic heterocycles. The van der Waals surface area contributed by atoms with E-state index < -0.39 is 0 Å². The fraction of sp³-hybridized carbons (Fsp3) is 0.259. The largest absolute Gasteiger partial charge is 0.340 e. The van der Waals surface area contributed by atoms with Gasteiger partial charge in [0, 0.05) is 41.0 Å².